The molecule has 1 aliphatic heterocycles. The van der Waals surface area contributed by atoms with E-state index < -0.39 is 0 Å². The first-order chi connectivity index (χ1) is 14.8. The van der Waals surface area contributed by atoms with Gasteiger partial charge >= 0.3 is 0 Å². The predicted molar refractivity (Wildman–Crippen MR) is 120 cm³/mol. The monoisotopic (exact) mass is 420 g/mol. The number of aryl methyl sites for hydroxylation is 2. The predicted octanol–water partition coefficient (Wildman–Crippen LogP) is 4.02. The number of hydrogen-bond acceptors (Lipinski definition) is 7. The Balaban J connectivity index is 1.42. The molecule has 6 rings (SSSR count). The van der Waals surface area contributed by atoms with Crippen LogP contribution in [0.3, 0.4) is 0 Å². The number of nitrogens with zero attached hydrogens (tertiary/aromatic N) is 4. The Labute approximate surface area is 178 Å². The number of benzene rings is 1. The molecule has 3 aromatic heterocycles. The van der Waals surface area contributed by atoms with Crippen molar-refractivity contribution in [2.75, 3.05) is 31.6 Å². The minimum Gasteiger partial charge on any atom is -0.379 e. The van der Waals surface area contributed by atoms with Crippen LogP contribution in [0.5, 0.6) is 0 Å². The molecule has 154 valence electrons. The topological polar surface area (TPSA) is 79.0 Å². The number of H-pyrrole nitrogens is 1. The number of morpholine rings is 1. The zero-order chi connectivity index (χ0) is 19.9. The maximum atomic E-state index is 5.49. The molecule has 2 N–H and O–H groups in total. The summed E-state index contributed by atoms with van der Waals surface area (Å²) in [5.74, 6) is 1.82. The molecule has 1 fully saturated rings. The Morgan fingerprint density at radius 3 is 2.97 bits per heavy atom. The fourth-order valence-electron chi connectivity index (χ4n) is 4.48. The van der Waals surface area contributed by atoms with Gasteiger partial charge in [-0.2, -0.15) is 5.10 Å². The van der Waals surface area contributed by atoms with Crippen molar-refractivity contribution >= 4 is 44.0 Å². The highest BCUT2D eigenvalue weighted by Crippen LogP contribution is 2.39. The summed E-state index contributed by atoms with van der Waals surface area (Å²) in [7, 11) is 0. The van der Waals surface area contributed by atoms with Crippen molar-refractivity contribution in [2.24, 2.45) is 0 Å². The quantitative estimate of drug-likeness (QED) is 0.519. The van der Waals surface area contributed by atoms with Gasteiger partial charge in [0.25, 0.3) is 0 Å². The van der Waals surface area contributed by atoms with Gasteiger partial charge < -0.3 is 10.1 Å². The van der Waals surface area contributed by atoms with Crippen LogP contribution < -0.4 is 5.32 Å². The van der Waals surface area contributed by atoms with E-state index in [-0.39, 0.29) is 0 Å². The summed E-state index contributed by atoms with van der Waals surface area (Å²) in [6.07, 6.45) is 6.65. The van der Waals surface area contributed by atoms with E-state index in [1.807, 2.05) is 17.5 Å². The lowest BCUT2D eigenvalue weighted by Crippen LogP contribution is -2.36. The number of ether oxygens (including phenoxy) is 1. The first kappa shape index (κ1) is 18.2. The molecule has 0 amide bonds. The van der Waals surface area contributed by atoms with Crippen molar-refractivity contribution in [1.29, 1.82) is 0 Å². The molecule has 4 aromatic rings. The van der Waals surface area contributed by atoms with Gasteiger partial charge in [-0.15, -0.1) is 11.3 Å². The van der Waals surface area contributed by atoms with Gasteiger partial charge in [0.15, 0.2) is 0 Å². The standard InChI is InChI=1S/C22H24N6OS/c1-2-4-18-16(3-1)20-21(24-15-5-6-17-14(11-15)12-23-27-17)25-19(26-22(20)30-18)13-28-7-9-29-10-8-28/h5-6,11-12H,1-4,7-10,13H2,(H,23,27)(H,24,25,26). The van der Waals surface area contributed by atoms with Crippen LogP contribution >= 0.6 is 11.3 Å². The van der Waals surface area contributed by atoms with Crippen LogP contribution in [0.4, 0.5) is 11.5 Å². The summed E-state index contributed by atoms with van der Waals surface area (Å²) in [6.45, 7) is 4.19. The van der Waals surface area contributed by atoms with Gasteiger partial charge in [0.2, 0.25) is 0 Å². The van der Waals surface area contributed by atoms with Gasteiger partial charge in [0, 0.05) is 29.0 Å². The Kier molecular flexibility index (Phi) is 4.63. The number of aromatic nitrogens is 4. The van der Waals surface area contributed by atoms with Gasteiger partial charge in [-0.1, -0.05) is 0 Å². The van der Waals surface area contributed by atoms with E-state index >= 15 is 0 Å². The number of anilines is 2. The molecule has 0 unspecified atom stereocenters. The third kappa shape index (κ3) is 3.34. The molecule has 1 aliphatic carbocycles. The highest BCUT2D eigenvalue weighted by Gasteiger charge is 2.22. The molecule has 2 aliphatic rings. The number of rotatable bonds is 4. The van der Waals surface area contributed by atoms with E-state index in [0.29, 0.717) is 0 Å². The molecule has 7 nitrogen and oxygen atoms in total. The van der Waals surface area contributed by atoms with Gasteiger partial charge in [0.05, 0.1) is 36.9 Å². The van der Waals surface area contributed by atoms with E-state index in [9.17, 15) is 0 Å². The maximum Gasteiger partial charge on any atom is 0.146 e. The highest BCUT2D eigenvalue weighted by atomic mass is 32.1. The highest BCUT2D eigenvalue weighted by molar-refractivity contribution is 7.19. The summed E-state index contributed by atoms with van der Waals surface area (Å²) in [5.41, 5.74) is 3.51. The molecular formula is C22H24N6OS. The normalized spacial score (nSPS) is 17.5. The Morgan fingerprint density at radius 2 is 2.03 bits per heavy atom. The maximum absolute atomic E-state index is 5.49. The SMILES string of the molecule is c1cc2[nH]ncc2cc1Nc1nc(CN2CCOCC2)nc2sc3c(c12)CCCC3. The minimum absolute atomic E-state index is 0.761. The van der Waals surface area contributed by atoms with Gasteiger partial charge in [-0.05, 0) is 49.4 Å². The van der Waals surface area contributed by atoms with Crippen molar-refractivity contribution in [3.63, 3.8) is 0 Å². The second kappa shape index (κ2) is 7.61. The fraction of sp³-hybridized carbons (Fsp3) is 0.409. The van der Waals surface area contributed by atoms with Crippen LogP contribution in [-0.4, -0.2) is 51.4 Å². The molecule has 1 saturated heterocycles. The van der Waals surface area contributed by atoms with Crippen LogP contribution in [0.2, 0.25) is 0 Å². The third-order valence-electron chi connectivity index (χ3n) is 6.03. The second-order valence-corrected chi connectivity index (χ2v) is 9.15. The van der Waals surface area contributed by atoms with Crippen LogP contribution in [0.15, 0.2) is 24.4 Å². The lowest BCUT2D eigenvalue weighted by Gasteiger charge is -2.25. The summed E-state index contributed by atoms with van der Waals surface area (Å²) in [5, 5.41) is 13.1. The molecule has 30 heavy (non-hydrogen) atoms. The first-order valence-corrected chi connectivity index (χ1v) is 11.5. The number of hydrogen-bond donors (Lipinski definition) is 2. The molecule has 4 heterocycles. The largest absolute Gasteiger partial charge is 0.379 e. The summed E-state index contributed by atoms with van der Waals surface area (Å²) in [6, 6.07) is 6.25. The van der Waals surface area contributed by atoms with E-state index in [1.54, 1.807) is 0 Å². The van der Waals surface area contributed by atoms with Crippen molar-refractivity contribution in [1.82, 2.24) is 25.1 Å². The molecule has 0 radical (unpaired) electrons. The van der Waals surface area contributed by atoms with Gasteiger partial charge in [-0.25, -0.2) is 9.97 Å². The van der Waals surface area contributed by atoms with E-state index in [2.05, 4.69) is 38.6 Å². The summed E-state index contributed by atoms with van der Waals surface area (Å²) < 4.78 is 5.49. The minimum atomic E-state index is 0.761. The van der Waals surface area contributed by atoms with E-state index in [0.717, 1.165) is 78.8 Å². The van der Waals surface area contributed by atoms with Crippen LogP contribution in [0.25, 0.3) is 21.1 Å². The smallest absolute Gasteiger partial charge is 0.146 e. The average molecular weight is 421 g/mol. The van der Waals surface area contributed by atoms with Crippen molar-refractivity contribution in [3.05, 3.63) is 40.7 Å². The fourth-order valence-corrected chi connectivity index (χ4v) is 5.76. The Bertz CT molecular complexity index is 1210. The molecule has 0 atom stereocenters. The molecule has 0 bridgehead atoms. The van der Waals surface area contributed by atoms with Crippen molar-refractivity contribution in [2.45, 2.75) is 32.2 Å². The zero-order valence-electron chi connectivity index (χ0n) is 16.8. The number of aromatic amines is 1. The Hall–Kier alpha value is -2.55. The lowest BCUT2D eigenvalue weighted by molar-refractivity contribution is 0.0331. The van der Waals surface area contributed by atoms with Gasteiger partial charge in [-0.3, -0.25) is 10.00 Å². The van der Waals surface area contributed by atoms with Crippen LogP contribution in [0.1, 0.15) is 29.1 Å². The van der Waals surface area contributed by atoms with Crippen LogP contribution in [-0.2, 0) is 24.1 Å². The molecule has 0 spiro atoms. The summed E-state index contributed by atoms with van der Waals surface area (Å²) in [4.78, 5) is 15.0. The number of thiophene rings is 1. The third-order valence-corrected chi connectivity index (χ3v) is 7.22. The van der Waals surface area contributed by atoms with Crippen molar-refractivity contribution < 1.29 is 4.74 Å². The molecule has 1 aromatic carbocycles. The van der Waals surface area contributed by atoms with Crippen molar-refractivity contribution in [3.8, 4) is 0 Å². The average Bonchev–Trinajstić information content (AvgIpc) is 3.38. The number of fused-ring (bicyclic) bond motifs is 4. The summed E-state index contributed by atoms with van der Waals surface area (Å²) >= 11 is 1.86. The van der Waals surface area contributed by atoms with Gasteiger partial charge in [0.1, 0.15) is 16.5 Å². The second-order valence-electron chi connectivity index (χ2n) is 8.07. The molecule has 8 heteroatoms. The van der Waals surface area contributed by atoms with E-state index in [4.69, 9.17) is 14.7 Å². The molecular weight excluding hydrogens is 396 g/mol. The van der Waals surface area contributed by atoms with Crippen LogP contribution in [0, 0.1) is 0 Å². The number of nitrogens with one attached hydrogen (secondary N) is 2. The Morgan fingerprint density at radius 1 is 1.13 bits per heavy atom. The lowest BCUT2D eigenvalue weighted by atomic mass is 9.97. The molecule has 0 saturated carbocycles. The first-order valence-electron chi connectivity index (χ1n) is 10.6. The zero-order valence-corrected chi connectivity index (χ0v) is 17.6. The van der Waals surface area contributed by atoms with E-state index in [1.165, 1.54) is 28.7 Å².